The second kappa shape index (κ2) is 8.01. The van der Waals surface area contributed by atoms with Crippen molar-refractivity contribution >= 4 is 23.3 Å². The number of ketones is 1. The summed E-state index contributed by atoms with van der Waals surface area (Å²) < 4.78 is 14.6. The maximum Gasteiger partial charge on any atom is 0.294 e. The lowest BCUT2D eigenvalue weighted by atomic mass is 9.52. The molecule has 4 fully saturated rings. The zero-order valence-corrected chi connectivity index (χ0v) is 19.5. The molecule has 6 rings (SSSR count). The fourth-order valence-corrected chi connectivity index (χ4v) is 6.82. The molecule has 4 aliphatic carbocycles. The van der Waals surface area contributed by atoms with Crippen LogP contribution in [0.15, 0.2) is 18.3 Å². The molecule has 2 heterocycles. The maximum absolute atomic E-state index is 13.2. The molecular weight excluding hydrogens is 439 g/mol. The molecule has 4 saturated carbocycles. The summed E-state index contributed by atoms with van der Waals surface area (Å²) in [4.78, 5) is 42.7. The molecule has 9 heteroatoms. The molecule has 2 amide bonds. The van der Waals surface area contributed by atoms with Gasteiger partial charge in [0.25, 0.3) is 17.6 Å². The number of pyridine rings is 1. The molecule has 0 saturated heterocycles. The minimum Gasteiger partial charge on any atom is -0.390 e. The smallest absolute Gasteiger partial charge is 0.294 e. The molecule has 2 unspecified atom stereocenters. The Morgan fingerprint density at radius 2 is 1.82 bits per heavy atom. The average molecular weight is 469 g/mol. The third-order valence-electron chi connectivity index (χ3n) is 8.10. The van der Waals surface area contributed by atoms with Gasteiger partial charge in [0.15, 0.2) is 0 Å². The largest absolute Gasteiger partial charge is 0.390 e. The normalized spacial score (nSPS) is 29.2. The van der Waals surface area contributed by atoms with Gasteiger partial charge in [0, 0.05) is 18.8 Å². The molecule has 0 radical (unpaired) electrons. The second-order valence-corrected chi connectivity index (χ2v) is 10.3. The van der Waals surface area contributed by atoms with E-state index in [9.17, 15) is 23.9 Å². The summed E-state index contributed by atoms with van der Waals surface area (Å²) >= 11 is 0. The third kappa shape index (κ3) is 3.72. The Balaban J connectivity index is 1.34. The molecule has 2 atom stereocenters. The summed E-state index contributed by atoms with van der Waals surface area (Å²) in [5, 5.41) is 16.4. The number of anilines is 1. The molecule has 4 aliphatic rings. The van der Waals surface area contributed by atoms with Crippen LogP contribution in [-0.2, 0) is 11.8 Å². The van der Waals surface area contributed by atoms with Gasteiger partial charge in [0.1, 0.15) is 0 Å². The summed E-state index contributed by atoms with van der Waals surface area (Å²) in [5.41, 5.74) is 1.11. The quantitative estimate of drug-likeness (QED) is 0.355. The van der Waals surface area contributed by atoms with Crippen molar-refractivity contribution in [3.63, 3.8) is 0 Å². The SMILES string of the molecule is Cc1c(C(=O)Nc2ccc(F)nc2)c(C)n(C)c1C(=O)C(=O)NC1C2CC3CC1CC(O)(C3)C2. The first-order valence-electron chi connectivity index (χ1n) is 11.7. The van der Waals surface area contributed by atoms with Crippen LogP contribution in [0.1, 0.15) is 64.2 Å². The Morgan fingerprint density at radius 1 is 1.15 bits per heavy atom. The molecular formula is C25H29FN4O4. The van der Waals surface area contributed by atoms with Crippen molar-refractivity contribution in [2.45, 2.75) is 57.6 Å². The number of hydrogen-bond acceptors (Lipinski definition) is 5. The number of amides is 2. The lowest BCUT2D eigenvalue weighted by Gasteiger charge is -2.58. The van der Waals surface area contributed by atoms with Crippen molar-refractivity contribution in [3.8, 4) is 0 Å². The fourth-order valence-electron chi connectivity index (χ4n) is 6.82. The Hall–Kier alpha value is -3.07. The molecule has 8 nitrogen and oxygen atoms in total. The first-order valence-corrected chi connectivity index (χ1v) is 11.7. The van der Waals surface area contributed by atoms with Gasteiger partial charge in [-0.05, 0) is 81.4 Å². The molecule has 2 aromatic rings. The first kappa shape index (κ1) is 22.7. The fraction of sp³-hybridized carbons (Fsp3) is 0.520. The zero-order chi connectivity index (χ0) is 24.4. The van der Waals surface area contributed by atoms with Crippen LogP contribution in [0, 0.1) is 37.5 Å². The standard InChI is InChI=1S/C25H29FN4O4/c1-12-19(23(32)28-17-4-5-18(26)27-11-17)13(2)30(3)21(12)22(31)24(33)29-20-15-6-14-7-16(20)10-25(34,8-14)9-15/h4-5,11,14-16,20,34H,6-10H2,1-3H3,(H,28,32)(H,29,33). The van der Waals surface area contributed by atoms with E-state index in [2.05, 4.69) is 15.6 Å². The summed E-state index contributed by atoms with van der Waals surface area (Å²) in [7, 11) is 1.65. The second-order valence-electron chi connectivity index (χ2n) is 10.3. The number of aliphatic hydroxyl groups is 1. The minimum atomic E-state index is -0.682. The monoisotopic (exact) mass is 468 g/mol. The van der Waals surface area contributed by atoms with Crippen molar-refractivity contribution in [1.29, 1.82) is 0 Å². The zero-order valence-electron chi connectivity index (χ0n) is 19.5. The van der Waals surface area contributed by atoms with E-state index < -0.39 is 29.1 Å². The summed E-state index contributed by atoms with van der Waals surface area (Å²) in [5.74, 6) is -1.60. The highest BCUT2D eigenvalue weighted by Crippen LogP contribution is 2.55. The Morgan fingerprint density at radius 3 is 2.41 bits per heavy atom. The Kier molecular flexibility index (Phi) is 5.35. The van der Waals surface area contributed by atoms with Gasteiger partial charge in [0.2, 0.25) is 5.95 Å². The lowest BCUT2D eigenvalue weighted by Crippen LogP contribution is -2.62. The highest BCUT2D eigenvalue weighted by Gasteiger charge is 2.55. The molecule has 0 aliphatic heterocycles. The van der Waals surface area contributed by atoms with E-state index in [-0.39, 0.29) is 23.6 Å². The van der Waals surface area contributed by atoms with E-state index in [4.69, 9.17) is 0 Å². The predicted octanol–water partition coefficient (Wildman–Crippen LogP) is 2.67. The number of carbonyl (C=O) groups is 3. The predicted molar refractivity (Wildman–Crippen MR) is 122 cm³/mol. The van der Waals surface area contributed by atoms with Gasteiger partial charge in [-0.2, -0.15) is 4.39 Å². The van der Waals surface area contributed by atoms with Crippen LogP contribution >= 0.6 is 0 Å². The van der Waals surface area contributed by atoms with Crippen molar-refractivity contribution in [2.24, 2.45) is 24.8 Å². The summed E-state index contributed by atoms with van der Waals surface area (Å²) in [6.45, 7) is 3.35. The van der Waals surface area contributed by atoms with Gasteiger partial charge in [-0.15, -0.1) is 0 Å². The van der Waals surface area contributed by atoms with Crippen molar-refractivity contribution in [2.75, 3.05) is 5.32 Å². The van der Waals surface area contributed by atoms with Gasteiger partial charge >= 0.3 is 0 Å². The van der Waals surface area contributed by atoms with E-state index in [1.165, 1.54) is 12.3 Å². The van der Waals surface area contributed by atoms with Gasteiger partial charge in [-0.3, -0.25) is 14.4 Å². The molecule has 4 bridgehead atoms. The third-order valence-corrected chi connectivity index (χ3v) is 8.10. The van der Waals surface area contributed by atoms with E-state index in [1.807, 2.05) is 0 Å². The van der Waals surface area contributed by atoms with Gasteiger partial charge in [-0.25, -0.2) is 4.98 Å². The number of nitrogens with one attached hydrogen (secondary N) is 2. The molecule has 2 aromatic heterocycles. The summed E-state index contributed by atoms with van der Waals surface area (Å²) in [6, 6.07) is 2.43. The Bertz CT molecular complexity index is 1170. The van der Waals surface area contributed by atoms with Gasteiger partial charge in [0.05, 0.1) is 28.7 Å². The van der Waals surface area contributed by atoms with Crippen LogP contribution in [0.3, 0.4) is 0 Å². The number of hydrogen-bond donors (Lipinski definition) is 3. The van der Waals surface area contributed by atoms with E-state index in [0.29, 0.717) is 41.3 Å². The first-order chi connectivity index (χ1) is 16.1. The number of nitrogens with zero attached hydrogens (tertiary/aromatic N) is 2. The van der Waals surface area contributed by atoms with E-state index in [0.717, 1.165) is 25.3 Å². The molecule has 34 heavy (non-hydrogen) atoms. The van der Waals surface area contributed by atoms with Crippen LogP contribution in [-0.4, -0.2) is 43.9 Å². The highest BCUT2D eigenvalue weighted by atomic mass is 19.1. The Labute approximate surface area is 196 Å². The molecule has 180 valence electrons. The van der Waals surface area contributed by atoms with Gasteiger partial charge < -0.3 is 20.3 Å². The van der Waals surface area contributed by atoms with Crippen LogP contribution in [0.2, 0.25) is 0 Å². The van der Waals surface area contributed by atoms with E-state index >= 15 is 0 Å². The number of rotatable bonds is 5. The average Bonchev–Trinajstić information content (AvgIpc) is 2.98. The highest BCUT2D eigenvalue weighted by molar-refractivity contribution is 6.43. The number of halogens is 1. The molecule has 0 aromatic carbocycles. The minimum absolute atomic E-state index is 0.108. The van der Waals surface area contributed by atoms with Crippen molar-refractivity contribution in [3.05, 3.63) is 46.8 Å². The van der Waals surface area contributed by atoms with Crippen LogP contribution in [0.5, 0.6) is 0 Å². The van der Waals surface area contributed by atoms with Crippen molar-refractivity contribution in [1.82, 2.24) is 14.9 Å². The number of carbonyl (C=O) groups excluding carboxylic acids is 3. The topological polar surface area (TPSA) is 113 Å². The molecule has 0 spiro atoms. The number of aromatic nitrogens is 2. The van der Waals surface area contributed by atoms with Crippen LogP contribution < -0.4 is 10.6 Å². The van der Waals surface area contributed by atoms with Crippen molar-refractivity contribution < 1.29 is 23.9 Å². The van der Waals surface area contributed by atoms with Crippen LogP contribution in [0.25, 0.3) is 0 Å². The summed E-state index contributed by atoms with van der Waals surface area (Å²) in [6.07, 6.45) is 5.35. The van der Waals surface area contributed by atoms with Crippen LogP contribution in [0.4, 0.5) is 10.1 Å². The lowest BCUT2D eigenvalue weighted by molar-refractivity contribution is -0.144. The molecule has 3 N–H and O–H groups in total. The van der Waals surface area contributed by atoms with Gasteiger partial charge in [-0.1, -0.05) is 0 Å². The number of Topliss-reactive ketones (excluding diaryl/α,β-unsaturated/α-hetero) is 1. The maximum atomic E-state index is 13.2. The van der Waals surface area contributed by atoms with E-state index in [1.54, 1.807) is 25.5 Å².